The van der Waals surface area contributed by atoms with Gasteiger partial charge >= 0.3 is 5.97 Å². The Hall–Kier alpha value is -2.02. The van der Waals surface area contributed by atoms with Crippen LogP contribution in [0.5, 0.6) is 0 Å². The van der Waals surface area contributed by atoms with Crippen molar-refractivity contribution in [1.82, 2.24) is 4.98 Å². The molecule has 164 valence electrons. The minimum atomic E-state index is -1.28. The Bertz CT molecular complexity index is 1180. The number of rotatable bonds is 4. The van der Waals surface area contributed by atoms with Crippen LogP contribution >= 0.6 is 22.9 Å². The summed E-state index contributed by atoms with van der Waals surface area (Å²) < 4.78 is 21.2. The van der Waals surface area contributed by atoms with Crippen molar-refractivity contribution in [2.75, 3.05) is 0 Å². The molecule has 0 saturated carbocycles. The number of carbonyl (C=O) groups is 1. The van der Waals surface area contributed by atoms with Gasteiger partial charge in [-0.25, -0.2) is 14.2 Å². The summed E-state index contributed by atoms with van der Waals surface area (Å²) in [5, 5.41) is 11.2. The van der Waals surface area contributed by atoms with Crippen LogP contribution in [0.4, 0.5) is 4.39 Å². The number of carboxylic acids is 1. The van der Waals surface area contributed by atoms with Crippen molar-refractivity contribution < 1.29 is 19.0 Å². The van der Waals surface area contributed by atoms with Gasteiger partial charge in [-0.2, -0.15) is 0 Å². The lowest BCUT2D eigenvalue weighted by atomic mass is 9.87. The highest BCUT2D eigenvalue weighted by Crippen LogP contribution is 2.46. The lowest BCUT2D eigenvalue weighted by Crippen LogP contribution is -2.28. The van der Waals surface area contributed by atoms with Crippen LogP contribution in [0.25, 0.3) is 21.3 Å². The summed E-state index contributed by atoms with van der Waals surface area (Å²) in [6.45, 7) is 7.18. The molecule has 4 nitrogen and oxygen atoms in total. The average molecular weight is 462 g/mol. The molecule has 0 bridgehead atoms. The summed E-state index contributed by atoms with van der Waals surface area (Å²) >= 11 is 7.64. The van der Waals surface area contributed by atoms with E-state index in [9.17, 15) is 9.90 Å². The van der Waals surface area contributed by atoms with E-state index in [1.807, 2.05) is 0 Å². The van der Waals surface area contributed by atoms with Crippen LogP contribution in [0.3, 0.4) is 0 Å². The zero-order chi connectivity index (χ0) is 22.5. The molecule has 0 fully saturated rings. The predicted octanol–water partition coefficient (Wildman–Crippen LogP) is 6.88. The molecule has 0 radical (unpaired) electrons. The van der Waals surface area contributed by atoms with Gasteiger partial charge in [0.05, 0.1) is 5.60 Å². The number of thiophene rings is 1. The Morgan fingerprint density at radius 3 is 2.65 bits per heavy atom. The van der Waals surface area contributed by atoms with Crippen LogP contribution in [0, 0.1) is 12.7 Å². The molecule has 0 amide bonds. The van der Waals surface area contributed by atoms with E-state index in [0.29, 0.717) is 22.4 Å². The number of hydrogen-bond acceptors (Lipinski definition) is 4. The number of nitrogens with zero attached hydrogens (tertiary/aromatic N) is 1. The van der Waals surface area contributed by atoms with Crippen molar-refractivity contribution in [2.24, 2.45) is 0 Å². The second kappa shape index (κ2) is 8.15. The third-order valence-electron chi connectivity index (χ3n) is 5.49. The predicted molar refractivity (Wildman–Crippen MR) is 123 cm³/mol. The summed E-state index contributed by atoms with van der Waals surface area (Å²) in [7, 11) is 0. The molecular weight excluding hydrogens is 437 g/mol. The first-order chi connectivity index (χ1) is 14.6. The van der Waals surface area contributed by atoms with E-state index in [-0.39, 0.29) is 5.02 Å². The maximum absolute atomic E-state index is 15.2. The number of halogens is 2. The molecule has 0 spiro atoms. The fourth-order valence-electron chi connectivity index (χ4n) is 4.30. The molecule has 0 aliphatic heterocycles. The standard InChI is InChI=1S/C24H25ClFNO3S/c1-12-18(21(23(28)29)30-24(2,3)4)19(14-10-9-13(25)11-16(14)26)20-15-7-5-6-8-17(15)31-22(20)27-12/h9-11,21H,5-8H2,1-4H3,(H,28,29)/t21-/m0/s1. The van der Waals surface area contributed by atoms with Crippen molar-refractivity contribution in [3.63, 3.8) is 0 Å². The number of hydrogen-bond donors (Lipinski definition) is 1. The number of aryl methyl sites for hydroxylation is 3. The van der Waals surface area contributed by atoms with Gasteiger partial charge in [0.1, 0.15) is 10.6 Å². The minimum absolute atomic E-state index is 0.290. The van der Waals surface area contributed by atoms with Crippen molar-refractivity contribution in [1.29, 1.82) is 0 Å². The highest BCUT2D eigenvalue weighted by molar-refractivity contribution is 7.19. The first kappa shape index (κ1) is 22.2. The van der Waals surface area contributed by atoms with Crippen molar-refractivity contribution >= 4 is 39.1 Å². The highest BCUT2D eigenvalue weighted by Gasteiger charge is 2.34. The van der Waals surface area contributed by atoms with Gasteiger partial charge in [0.2, 0.25) is 0 Å². The number of aromatic nitrogens is 1. The van der Waals surface area contributed by atoms with Gasteiger partial charge in [-0.1, -0.05) is 11.6 Å². The number of pyridine rings is 1. The third kappa shape index (κ3) is 4.21. The van der Waals surface area contributed by atoms with Gasteiger partial charge < -0.3 is 9.84 Å². The Labute approximate surface area is 190 Å². The van der Waals surface area contributed by atoms with Crippen LogP contribution in [0.15, 0.2) is 18.2 Å². The minimum Gasteiger partial charge on any atom is -0.479 e. The second-order valence-electron chi connectivity index (χ2n) is 8.95. The maximum Gasteiger partial charge on any atom is 0.337 e. The maximum atomic E-state index is 15.2. The molecule has 31 heavy (non-hydrogen) atoms. The van der Waals surface area contributed by atoms with E-state index in [1.54, 1.807) is 51.2 Å². The summed E-state index contributed by atoms with van der Waals surface area (Å²) in [5.74, 6) is -1.62. The molecule has 3 aromatic rings. The number of ether oxygens (including phenoxy) is 1. The van der Waals surface area contributed by atoms with Crippen molar-refractivity contribution in [2.45, 2.75) is 65.1 Å². The lowest BCUT2D eigenvalue weighted by molar-refractivity contribution is -0.160. The van der Waals surface area contributed by atoms with Gasteiger partial charge in [0, 0.05) is 37.7 Å². The van der Waals surface area contributed by atoms with Gasteiger partial charge in [-0.05, 0) is 77.1 Å². The van der Waals surface area contributed by atoms with Gasteiger partial charge in [-0.3, -0.25) is 0 Å². The summed E-state index contributed by atoms with van der Waals surface area (Å²) in [6.07, 6.45) is 2.72. The van der Waals surface area contributed by atoms with Crippen LogP contribution < -0.4 is 0 Å². The van der Waals surface area contributed by atoms with E-state index >= 15 is 4.39 Å². The first-order valence-electron chi connectivity index (χ1n) is 10.4. The normalized spacial score (nSPS) is 15.2. The van der Waals surface area contributed by atoms with E-state index in [0.717, 1.165) is 41.5 Å². The fraction of sp³-hybridized carbons (Fsp3) is 0.417. The Morgan fingerprint density at radius 2 is 2.00 bits per heavy atom. The van der Waals surface area contributed by atoms with Crippen LogP contribution in [-0.2, 0) is 22.4 Å². The van der Waals surface area contributed by atoms with Crippen LogP contribution in [0.2, 0.25) is 5.02 Å². The van der Waals surface area contributed by atoms with Gasteiger partial charge in [-0.15, -0.1) is 11.3 Å². The van der Waals surface area contributed by atoms with E-state index in [4.69, 9.17) is 21.3 Å². The summed E-state index contributed by atoms with van der Waals surface area (Å²) in [5.41, 5.74) is 2.27. The zero-order valence-corrected chi connectivity index (χ0v) is 19.6. The Balaban J connectivity index is 2.12. The molecule has 1 N–H and O–H groups in total. The molecule has 1 aliphatic rings. The molecule has 2 heterocycles. The quantitative estimate of drug-likeness (QED) is 0.459. The van der Waals surface area contributed by atoms with Crippen molar-refractivity contribution in [3.05, 3.63) is 50.7 Å². The molecule has 1 aromatic carbocycles. The van der Waals surface area contributed by atoms with Crippen LogP contribution in [-0.4, -0.2) is 21.7 Å². The van der Waals surface area contributed by atoms with Gasteiger partial charge in [0.15, 0.2) is 6.10 Å². The molecule has 0 unspecified atom stereocenters. The zero-order valence-electron chi connectivity index (χ0n) is 18.0. The summed E-state index contributed by atoms with van der Waals surface area (Å²) in [6, 6.07) is 4.52. The van der Waals surface area contributed by atoms with E-state index < -0.39 is 23.5 Å². The SMILES string of the molecule is Cc1nc2sc3c(c2c(-c2ccc(Cl)cc2F)c1[C@H](OC(C)(C)C)C(=O)O)CCCC3. The fourth-order valence-corrected chi connectivity index (χ4v) is 5.77. The second-order valence-corrected chi connectivity index (χ2v) is 10.5. The number of fused-ring (bicyclic) bond motifs is 3. The Kier molecular flexibility index (Phi) is 5.83. The van der Waals surface area contributed by atoms with E-state index in [1.165, 1.54) is 10.9 Å². The average Bonchev–Trinajstić information content (AvgIpc) is 3.02. The molecule has 1 aliphatic carbocycles. The largest absolute Gasteiger partial charge is 0.479 e. The van der Waals surface area contributed by atoms with E-state index in [2.05, 4.69) is 0 Å². The number of benzene rings is 1. The molecule has 4 rings (SSSR count). The number of aliphatic carboxylic acids is 1. The lowest BCUT2D eigenvalue weighted by Gasteiger charge is -2.28. The molecule has 7 heteroatoms. The molecular formula is C24H25ClFNO3S. The first-order valence-corrected chi connectivity index (χ1v) is 11.6. The number of carboxylic acid groups (broad SMARTS) is 1. The monoisotopic (exact) mass is 461 g/mol. The van der Waals surface area contributed by atoms with Crippen LogP contribution in [0.1, 0.15) is 61.4 Å². The smallest absolute Gasteiger partial charge is 0.337 e. The highest BCUT2D eigenvalue weighted by atomic mass is 35.5. The molecule has 0 saturated heterocycles. The molecule has 1 atom stereocenters. The topological polar surface area (TPSA) is 59.4 Å². The summed E-state index contributed by atoms with van der Waals surface area (Å²) in [4.78, 5) is 19.2. The van der Waals surface area contributed by atoms with Crippen molar-refractivity contribution in [3.8, 4) is 11.1 Å². The van der Waals surface area contributed by atoms with Gasteiger partial charge in [0.25, 0.3) is 0 Å². The Morgan fingerprint density at radius 1 is 1.29 bits per heavy atom. The third-order valence-corrected chi connectivity index (χ3v) is 6.91. The molecule has 2 aromatic heterocycles.